The number of rotatable bonds is 7. The van der Waals surface area contributed by atoms with Crippen LogP contribution < -0.4 is 9.42 Å². The fraction of sp³-hybridized carbons (Fsp3) is 0.286. The normalized spacial score (nSPS) is 14.6. The molecule has 0 N–H and O–H groups in total. The average molecular weight is 483 g/mol. The molecule has 1 aromatic rings. The molecule has 2 amide bonds. The number of benzene rings is 1. The monoisotopic (exact) mass is 481 g/mol. The summed E-state index contributed by atoms with van der Waals surface area (Å²) >= 11 is 6.57. The molecule has 0 aromatic heterocycles. The van der Waals surface area contributed by atoms with Crippen LogP contribution >= 0.6 is 39.7 Å². The van der Waals surface area contributed by atoms with E-state index in [2.05, 4.69) is 31.9 Å². The van der Waals surface area contributed by atoms with Gasteiger partial charge in [-0.1, -0.05) is 0 Å². The van der Waals surface area contributed by atoms with Crippen molar-refractivity contribution < 1.29 is 27.7 Å². The summed E-state index contributed by atoms with van der Waals surface area (Å²) in [5, 5.41) is 0. The van der Waals surface area contributed by atoms with Gasteiger partial charge in [0.2, 0.25) is 0 Å². The molecule has 0 bridgehead atoms. The van der Waals surface area contributed by atoms with Gasteiger partial charge in [0, 0.05) is 12.2 Å². The lowest BCUT2D eigenvalue weighted by molar-refractivity contribution is -0.119. The molecular formula is C14H14Br2NO6P. The number of carbonyl (C=O) groups excluding carboxylic acids is 2. The molecule has 24 heavy (non-hydrogen) atoms. The summed E-state index contributed by atoms with van der Waals surface area (Å²) in [5.74, 6) is -0.709. The van der Waals surface area contributed by atoms with Crippen LogP contribution in [0.4, 0.5) is 5.69 Å². The Bertz CT molecular complexity index is 700. The van der Waals surface area contributed by atoms with Crippen molar-refractivity contribution in [3.8, 4) is 5.75 Å². The van der Waals surface area contributed by atoms with Crippen molar-refractivity contribution in [3.63, 3.8) is 0 Å². The zero-order chi connectivity index (χ0) is 17.9. The van der Waals surface area contributed by atoms with Gasteiger partial charge in [0.05, 0.1) is 27.8 Å². The van der Waals surface area contributed by atoms with Crippen LogP contribution in [0.25, 0.3) is 0 Å². The molecule has 0 radical (unpaired) electrons. The van der Waals surface area contributed by atoms with Crippen molar-refractivity contribution in [3.05, 3.63) is 33.2 Å². The minimum absolute atomic E-state index is 0.146. The third-order valence-corrected chi connectivity index (χ3v) is 5.56. The van der Waals surface area contributed by atoms with Crippen molar-refractivity contribution in [2.24, 2.45) is 0 Å². The Morgan fingerprint density at radius 1 is 1.00 bits per heavy atom. The molecular weight excluding hydrogens is 469 g/mol. The Balaban J connectivity index is 2.35. The minimum Gasteiger partial charge on any atom is -0.402 e. The summed E-state index contributed by atoms with van der Waals surface area (Å²) in [7, 11) is -3.78. The van der Waals surface area contributed by atoms with Crippen LogP contribution in [0.3, 0.4) is 0 Å². The highest BCUT2D eigenvalue weighted by atomic mass is 79.9. The Morgan fingerprint density at radius 3 is 1.88 bits per heavy atom. The van der Waals surface area contributed by atoms with Crippen molar-refractivity contribution in [2.45, 2.75) is 13.8 Å². The maximum absolute atomic E-state index is 12.5. The standard InChI is InChI=1S/C14H14Br2NO6P/c1-3-21-24(20,22-4-2)23-14-10(15)7-9(8-11(14)16)17-12(18)5-6-13(17)19/h5-8H,3-4H2,1-2H3. The highest BCUT2D eigenvalue weighted by Crippen LogP contribution is 2.53. The summed E-state index contributed by atoms with van der Waals surface area (Å²) in [6, 6.07) is 3.01. The van der Waals surface area contributed by atoms with E-state index >= 15 is 0 Å². The molecule has 0 fully saturated rings. The number of imide groups is 1. The van der Waals surface area contributed by atoms with Crippen LogP contribution in [0.2, 0.25) is 0 Å². The van der Waals surface area contributed by atoms with Crippen LogP contribution in [0.5, 0.6) is 5.75 Å². The number of amides is 2. The zero-order valence-corrected chi connectivity index (χ0v) is 16.9. The van der Waals surface area contributed by atoms with Crippen LogP contribution in [-0.4, -0.2) is 25.0 Å². The molecule has 1 aliphatic heterocycles. The fourth-order valence-electron chi connectivity index (χ4n) is 1.94. The molecule has 1 heterocycles. The molecule has 130 valence electrons. The van der Waals surface area contributed by atoms with Gasteiger partial charge in [0.25, 0.3) is 11.8 Å². The van der Waals surface area contributed by atoms with Gasteiger partial charge in [-0.2, -0.15) is 0 Å². The molecule has 7 nitrogen and oxygen atoms in total. The summed E-state index contributed by atoms with van der Waals surface area (Å²) in [6.07, 6.45) is 2.37. The van der Waals surface area contributed by atoms with Crippen molar-refractivity contribution in [2.75, 3.05) is 18.1 Å². The third-order valence-electron chi connectivity index (χ3n) is 2.83. The number of hydrogen-bond donors (Lipinski definition) is 0. The van der Waals surface area contributed by atoms with E-state index in [4.69, 9.17) is 13.6 Å². The number of anilines is 1. The zero-order valence-electron chi connectivity index (χ0n) is 12.8. The van der Waals surface area contributed by atoms with Crippen LogP contribution in [0, 0.1) is 0 Å². The summed E-state index contributed by atoms with van der Waals surface area (Å²) in [4.78, 5) is 24.5. The fourth-order valence-corrected chi connectivity index (χ4v) is 4.74. The Morgan fingerprint density at radius 2 is 1.46 bits per heavy atom. The number of phosphoric ester groups is 1. The first-order valence-electron chi connectivity index (χ1n) is 6.95. The lowest BCUT2D eigenvalue weighted by Gasteiger charge is -2.20. The Hall–Kier alpha value is -0.990. The van der Waals surface area contributed by atoms with E-state index in [0.717, 1.165) is 4.90 Å². The quantitative estimate of drug-likeness (QED) is 0.428. The molecule has 0 aliphatic carbocycles. The van der Waals surface area contributed by atoms with E-state index < -0.39 is 19.6 Å². The molecule has 0 unspecified atom stereocenters. The van der Waals surface area contributed by atoms with Gasteiger partial charge in [-0.15, -0.1) is 0 Å². The largest absolute Gasteiger partial charge is 0.530 e. The summed E-state index contributed by atoms with van der Waals surface area (Å²) < 4.78 is 28.9. The van der Waals surface area contributed by atoms with E-state index in [1.165, 1.54) is 24.3 Å². The maximum Gasteiger partial charge on any atom is 0.530 e. The van der Waals surface area contributed by atoms with Gasteiger partial charge in [0.15, 0.2) is 5.75 Å². The smallest absolute Gasteiger partial charge is 0.402 e. The molecule has 0 spiro atoms. The molecule has 2 rings (SSSR count). The Labute approximate surface area is 155 Å². The number of phosphoric acid groups is 1. The van der Waals surface area contributed by atoms with Crippen LogP contribution in [-0.2, 0) is 23.2 Å². The van der Waals surface area contributed by atoms with Crippen molar-refractivity contribution in [1.82, 2.24) is 0 Å². The highest BCUT2D eigenvalue weighted by molar-refractivity contribution is 9.11. The highest BCUT2D eigenvalue weighted by Gasteiger charge is 2.31. The number of nitrogens with zero attached hydrogens (tertiary/aromatic N) is 1. The van der Waals surface area contributed by atoms with Gasteiger partial charge >= 0.3 is 7.82 Å². The van der Waals surface area contributed by atoms with E-state index in [9.17, 15) is 14.2 Å². The Kier molecular flexibility index (Phi) is 6.39. The predicted octanol–water partition coefficient (Wildman–Crippen LogP) is 4.20. The second-order valence-corrected chi connectivity index (χ2v) is 7.76. The van der Waals surface area contributed by atoms with Gasteiger partial charge in [-0.05, 0) is 57.8 Å². The first-order valence-corrected chi connectivity index (χ1v) is 9.99. The lowest BCUT2D eigenvalue weighted by Crippen LogP contribution is -2.29. The van der Waals surface area contributed by atoms with E-state index in [0.29, 0.717) is 14.6 Å². The van der Waals surface area contributed by atoms with E-state index in [1.807, 2.05) is 0 Å². The molecule has 0 saturated heterocycles. The predicted molar refractivity (Wildman–Crippen MR) is 95.0 cm³/mol. The molecule has 1 aromatic carbocycles. The minimum atomic E-state index is -3.78. The lowest BCUT2D eigenvalue weighted by atomic mass is 10.3. The van der Waals surface area contributed by atoms with E-state index in [-0.39, 0.29) is 19.0 Å². The second kappa shape index (κ2) is 7.93. The second-order valence-electron chi connectivity index (χ2n) is 4.46. The molecule has 1 aliphatic rings. The average Bonchev–Trinajstić information content (AvgIpc) is 2.82. The topological polar surface area (TPSA) is 82.1 Å². The van der Waals surface area contributed by atoms with Gasteiger partial charge in [-0.25, -0.2) is 9.46 Å². The van der Waals surface area contributed by atoms with E-state index in [1.54, 1.807) is 13.8 Å². The van der Waals surface area contributed by atoms with Crippen molar-refractivity contribution in [1.29, 1.82) is 0 Å². The molecule has 0 saturated carbocycles. The molecule has 0 atom stereocenters. The van der Waals surface area contributed by atoms with Gasteiger partial charge < -0.3 is 4.52 Å². The number of halogens is 2. The third kappa shape index (κ3) is 4.15. The first-order chi connectivity index (χ1) is 11.3. The summed E-state index contributed by atoms with van der Waals surface area (Å²) in [5.41, 5.74) is 0.337. The van der Waals surface area contributed by atoms with Gasteiger partial charge in [-0.3, -0.25) is 18.6 Å². The van der Waals surface area contributed by atoms with Crippen LogP contribution in [0.1, 0.15) is 13.8 Å². The number of hydrogen-bond acceptors (Lipinski definition) is 6. The molecule has 10 heteroatoms. The van der Waals surface area contributed by atoms with Gasteiger partial charge in [0.1, 0.15) is 0 Å². The number of carbonyl (C=O) groups is 2. The van der Waals surface area contributed by atoms with Crippen LogP contribution in [0.15, 0.2) is 33.2 Å². The summed E-state index contributed by atoms with van der Waals surface area (Å²) in [6.45, 7) is 3.62. The maximum atomic E-state index is 12.5. The first kappa shape index (κ1) is 19.3. The SMILES string of the molecule is CCOP(=O)(OCC)Oc1c(Br)cc(N2C(=O)C=CC2=O)cc1Br. The van der Waals surface area contributed by atoms with Crippen molar-refractivity contribution >= 4 is 57.2 Å².